The van der Waals surface area contributed by atoms with E-state index in [0.29, 0.717) is 5.02 Å². The second-order valence-electron chi connectivity index (χ2n) is 7.04. The molecule has 3 aliphatic rings. The van der Waals surface area contributed by atoms with Crippen LogP contribution in [-0.2, 0) is 7.05 Å². The predicted octanol–water partition coefficient (Wildman–Crippen LogP) is 1.74. The predicted molar refractivity (Wildman–Crippen MR) is 87.5 cm³/mol. The fraction of sp³-hybridized carbons (Fsp3) is 0.750. The monoisotopic (exact) mass is 322 g/mol. The van der Waals surface area contributed by atoms with Crippen LogP contribution >= 0.6 is 11.6 Å². The van der Waals surface area contributed by atoms with Gasteiger partial charge in [-0.1, -0.05) is 18.0 Å². The van der Waals surface area contributed by atoms with E-state index in [1.54, 1.807) is 13.2 Å². The van der Waals surface area contributed by atoms with E-state index in [2.05, 4.69) is 14.9 Å². The standard InChI is InChI=1S/C16H23ClN4O/c1-19-16(22)15(17)14(10-18-19)21-6-4-20(5-7-21)13-9-11-2-3-12(13)8-11/h10-13H,2-9H2,1H3/t11-,12-,13+/m0/s1. The van der Waals surface area contributed by atoms with Crippen molar-refractivity contribution in [2.75, 3.05) is 31.1 Å². The van der Waals surface area contributed by atoms with Gasteiger partial charge < -0.3 is 4.90 Å². The minimum absolute atomic E-state index is 0.213. The summed E-state index contributed by atoms with van der Waals surface area (Å²) in [4.78, 5) is 16.8. The number of nitrogens with zero attached hydrogens (tertiary/aromatic N) is 4. The van der Waals surface area contributed by atoms with Crippen molar-refractivity contribution in [3.8, 4) is 0 Å². The lowest BCUT2D eigenvalue weighted by molar-refractivity contribution is 0.135. The van der Waals surface area contributed by atoms with Crippen molar-refractivity contribution in [2.45, 2.75) is 31.7 Å². The summed E-state index contributed by atoms with van der Waals surface area (Å²) in [5.74, 6) is 1.93. The Bertz CT molecular complexity index is 623. The number of piperazine rings is 1. The first-order valence-corrected chi connectivity index (χ1v) is 8.72. The molecular weight excluding hydrogens is 300 g/mol. The quantitative estimate of drug-likeness (QED) is 0.832. The first-order chi connectivity index (χ1) is 10.6. The second-order valence-corrected chi connectivity index (χ2v) is 7.42. The lowest BCUT2D eigenvalue weighted by atomic mass is 9.93. The second kappa shape index (κ2) is 5.53. The fourth-order valence-electron chi connectivity index (χ4n) is 4.68. The van der Waals surface area contributed by atoms with E-state index in [9.17, 15) is 4.79 Å². The van der Waals surface area contributed by atoms with Gasteiger partial charge in [0.1, 0.15) is 5.02 Å². The molecule has 0 N–H and O–H groups in total. The summed E-state index contributed by atoms with van der Waals surface area (Å²) in [6.45, 7) is 4.00. The molecule has 2 heterocycles. The van der Waals surface area contributed by atoms with E-state index in [1.807, 2.05) is 0 Å². The Hall–Kier alpha value is -1.07. The molecule has 1 aliphatic heterocycles. The minimum Gasteiger partial charge on any atom is -0.366 e. The molecule has 1 aromatic heterocycles. The Morgan fingerprint density at radius 3 is 2.59 bits per heavy atom. The normalized spacial score (nSPS) is 31.9. The van der Waals surface area contributed by atoms with Gasteiger partial charge in [-0.3, -0.25) is 9.69 Å². The number of hydrogen-bond acceptors (Lipinski definition) is 4. The van der Waals surface area contributed by atoms with E-state index in [4.69, 9.17) is 11.6 Å². The number of anilines is 1. The van der Waals surface area contributed by atoms with Gasteiger partial charge in [-0.2, -0.15) is 5.10 Å². The molecule has 3 atom stereocenters. The molecule has 2 bridgehead atoms. The van der Waals surface area contributed by atoms with Crippen LogP contribution in [0, 0.1) is 11.8 Å². The molecule has 120 valence electrons. The van der Waals surface area contributed by atoms with Gasteiger partial charge in [0, 0.05) is 39.3 Å². The molecule has 2 aliphatic carbocycles. The van der Waals surface area contributed by atoms with Crippen LogP contribution in [0.2, 0.25) is 5.02 Å². The number of fused-ring (bicyclic) bond motifs is 2. The van der Waals surface area contributed by atoms with Gasteiger partial charge in [-0.05, 0) is 31.1 Å². The summed E-state index contributed by atoms with van der Waals surface area (Å²) in [7, 11) is 1.63. The number of rotatable bonds is 2. The maximum absolute atomic E-state index is 11.9. The Morgan fingerprint density at radius 1 is 1.18 bits per heavy atom. The topological polar surface area (TPSA) is 41.4 Å². The summed E-state index contributed by atoms with van der Waals surface area (Å²) >= 11 is 6.22. The van der Waals surface area contributed by atoms with Crippen LogP contribution in [0.1, 0.15) is 25.7 Å². The van der Waals surface area contributed by atoms with Gasteiger partial charge in [0.2, 0.25) is 0 Å². The third-order valence-corrected chi connectivity index (χ3v) is 6.24. The molecule has 22 heavy (non-hydrogen) atoms. The molecule has 4 rings (SSSR count). The molecule has 0 spiro atoms. The van der Waals surface area contributed by atoms with Gasteiger partial charge in [0.15, 0.2) is 0 Å². The summed E-state index contributed by atoms with van der Waals surface area (Å²) in [6, 6.07) is 0.804. The first kappa shape index (κ1) is 14.5. The van der Waals surface area contributed by atoms with E-state index in [0.717, 1.165) is 49.7 Å². The molecule has 6 heteroatoms. The number of aryl methyl sites for hydroxylation is 1. The molecular formula is C16H23ClN4O. The Morgan fingerprint density at radius 2 is 1.95 bits per heavy atom. The molecule has 0 amide bonds. The number of halogens is 1. The van der Waals surface area contributed by atoms with Crippen LogP contribution in [-0.4, -0.2) is 46.9 Å². The van der Waals surface area contributed by atoms with Crippen molar-refractivity contribution in [2.24, 2.45) is 18.9 Å². The Kier molecular flexibility index (Phi) is 3.65. The van der Waals surface area contributed by atoms with Crippen molar-refractivity contribution in [3.05, 3.63) is 21.6 Å². The van der Waals surface area contributed by atoms with Gasteiger partial charge in [0.05, 0.1) is 11.9 Å². The smallest absolute Gasteiger partial charge is 0.287 e. The van der Waals surface area contributed by atoms with Crippen molar-refractivity contribution < 1.29 is 0 Å². The Balaban J connectivity index is 1.44. The third kappa shape index (κ3) is 2.35. The zero-order valence-electron chi connectivity index (χ0n) is 13.0. The highest BCUT2D eigenvalue weighted by Gasteiger charge is 2.42. The van der Waals surface area contributed by atoms with E-state index in [-0.39, 0.29) is 5.56 Å². The van der Waals surface area contributed by atoms with Gasteiger partial charge in [-0.25, -0.2) is 4.68 Å². The van der Waals surface area contributed by atoms with Crippen molar-refractivity contribution in [1.29, 1.82) is 0 Å². The maximum Gasteiger partial charge on any atom is 0.287 e. The number of hydrogen-bond donors (Lipinski definition) is 0. The van der Waals surface area contributed by atoms with Gasteiger partial charge >= 0.3 is 0 Å². The molecule has 1 aromatic rings. The van der Waals surface area contributed by atoms with Gasteiger partial charge in [0.25, 0.3) is 5.56 Å². The van der Waals surface area contributed by atoms with Crippen molar-refractivity contribution in [3.63, 3.8) is 0 Å². The highest BCUT2D eigenvalue weighted by molar-refractivity contribution is 6.33. The molecule has 3 fully saturated rings. The first-order valence-electron chi connectivity index (χ1n) is 8.34. The molecule has 0 aromatic carbocycles. The molecule has 2 saturated carbocycles. The molecule has 0 unspecified atom stereocenters. The highest BCUT2D eigenvalue weighted by atomic mass is 35.5. The van der Waals surface area contributed by atoms with E-state index < -0.39 is 0 Å². The van der Waals surface area contributed by atoms with Crippen LogP contribution in [0.3, 0.4) is 0 Å². The average Bonchev–Trinajstić information content (AvgIpc) is 3.16. The third-order valence-electron chi connectivity index (χ3n) is 5.88. The average molecular weight is 323 g/mol. The van der Waals surface area contributed by atoms with Gasteiger partial charge in [-0.15, -0.1) is 0 Å². The van der Waals surface area contributed by atoms with E-state index in [1.165, 1.54) is 30.4 Å². The zero-order valence-corrected chi connectivity index (χ0v) is 13.8. The van der Waals surface area contributed by atoms with E-state index >= 15 is 0 Å². The minimum atomic E-state index is -0.213. The molecule has 0 radical (unpaired) electrons. The SMILES string of the molecule is Cn1ncc(N2CCN([C@@H]3C[C@H]4CC[C@H]3C4)CC2)c(Cl)c1=O. The summed E-state index contributed by atoms with van der Waals surface area (Å²) in [6.07, 6.45) is 7.46. The number of aromatic nitrogens is 2. The lowest BCUT2D eigenvalue weighted by Gasteiger charge is -2.41. The zero-order chi connectivity index (χ0) is 15.3. The summed E-state index contributed by atoms with van der Waals surface area (Å²) < 4.78 is 1.29. The van der Waals surface area contributed by atoms with Crippen molar-refractivity contribution >= 4 is 17.3 Å². The van der Waals surface area contributed by atoms with Crippen LogP contribution in [0.15, 0.2) is 11.0 Å². The fourth-order valence-corrected chi connectivity index (χ4v) is 4.97. The maximum atomic E-state index is 11.9. The van der Waals surface area contributed by atoms with Crippen LogP contribution in [0.5, 0.6) is 0 Å². The Labute approximate surface area is 135 Å². The molecule has 1 saturated heterocycles. The largest absolute Gasteiger partial charge is 0.366 e. The lowest BCUT2D eigenvalue weighted by Crippen LogP contribution is -2.52. The molecule has 5 nitrogen and oxygen atoms in total. The van der Waals surface area contributed by atoms with Crippen LogP contribution in [0.4, 0.5) is 5.69 Å². The highest BCUT2D eigenvalue weighted by Crippen LogP contribution is 2.46. The summed E-state index contributed by atoms with van der Waals surface area (Å²) in [5.41, 5.74) is 0.576. The van der Waals surface area contributed by atoms with Crippen LogP contribution < -0.4 is 10.5 Å². The van der Waals surface area contributed by atoms with Crippen molar-refractivity contribution in [1.82, 2.24) is 14.7 Å². The summed E-state index contributed by atoms with van der Waals surface area (Å²) in [5, 5.41) is 4.40. The van der Waals surface area contributed by atoms with Crippen LogP contribution in [0.25, 0.3) is 0 Å².